The Kier molecular flexibility index (Phi) is 8.22. The number of hydrogen-bond acceptors (Lipinski definition) is 2. The molecule has 0 N–H and O–H groups in total. The predicted molar refractivity (Wildman–Crippen MR) is 68.2 cm³/mol. The minimum absolute atomic E-state index is 0.282. The van der Waals surface area contributed by atoms with E-state index in [1.165, 1.54) is 17.2 Å². The number of ether oxygens (including phenoxy) is 1. The van der Waals surface area contributed by atoms with E-state index in [-0.39, 0.29) is 5.97 Å². The summed E-state index contributed by atoms with van der Waals surface area (Å²) in [6, 6.07) is 0. The zero-order valence-corrected chi connectivity index (χ0v) is 10.7. The third kappa shape index (κ3) is 9.25. The summed E-state index contributed by atoms with van der Waals surface area (Å²) in [5, 5.41) is 0. The van der Waals surface area contributed by atoms with Gasteiger partial charge in [0.1, 0.15) is 6.61 Å². The van der Waals surface area contributed by atoms with Gasteiger partial charge in [0.25, 0.3) is 0 Å². The van der Waals surface area contributed by atoms with Gasteiger partial charge in [0.2, 0.25) is 0 Å². The largest absolute Gasteiger partial charge is 0.458 e. The van der Waals surface area contributed by atoms with Crippen molar-refractivity contribution in [1.29, 1.82) is 0 Å². The number of rotatable bonds is 6. The van der Waals surface area contributed by atoms with E-state index in [1.807, 2.05) is 6.08 Å². The zero-order valence-electron chi connectivity index (χ0n) is 10.7. The van der Waals surface area contributed by atoms with Crippen LogP contribution in [0.5, 0.6) is 0 Å². The minimum Gasteiger partial charge on any atom is -0.458 e. The Morgan fingerprint density at radius 3 is 2.44 bits per heavy atom. The average molecular weight is 222 g/mol. The summed E-state index contributed by atoms with van der Waals surface area (Å²) in [5.41, 5.74) is 2.60. The summed E-state index contributed by atoms with van der Waals surface area (Å²) in [4.78, 5) is 11.0. The lowest BCUT2D eigenvalue weighted by molar-refractivity contribution is -0.136. The molecule has 0 heterocycles. The van der Waals surface area contributed by atoms with Crippen LogP contribution in [0, 0.1) is 0 Å². The quantitative estimate of drug-likeness (QED) is 0.388. The van der Waals surface area contributed by atoms with Gasteiger partial charge in [0.15, 0.2) is 0 Å². The third-order valence-corrected chi connectivity index (χ3v) is 2.05. The number of allylic oxidation sites excluding steroid dienone is 4. The monoisotopic (exact) mass is 222 g/mol. The Morgan fingerprint density at radius 2 is 1.88 bits per heavy atom. The lowest BCUT2D eigenvalue weighted by atomic mass is 10.1. The van der Waals surface area contributed by atoms with Crippen LogP contribution in [0.4, 0.5) is 0 Å². The Labute approximate surface area is 98.7 Å². The highest BCUT2D eigenvalue weighted by atomic mass is 16.5. The van der Waals surface area contributed by atoms with Crippen LogP contribution in [0.2, 0.25) is 0 Å². The molecule has 0 saturated heterocycles. The molecule has 0 aromatic rings. The molecule has 0 unspecified atom stereocenters. The highest BCUT2D eigenvalue weighted by Gasteiger charge is 1.94. The van der Waals surface area contributed by atoms with E-state index >= 15 is 0 Å². The molecule has 0 aromatic carbocycles. The van der Waals surface area contributed by atoms with E-state index in [2.05, 4.69) is 26.8 Å². The number of carbonyl (C=O) groups excluding carboxylic acids is 1. The van der Waals surface area contributed by atoms with Crippen molar-refractivity contribution in [3.8, 4) is 0 Å². The van der Waals surface area contributed by atoms with E-state index in [0.717, 1.165) is 12.8 Å². The second-order valence-electron chi connectivity index (χ2n) is 4.00. The molecule has 0 amide bonds. The SMILES string of the molecule is C/C=C/C(=O)OC/C=C(/C)CCC=C(C)C. The fourth-order valence-electron chi connectivity index (χ4n) is 1.14. The third-order valence-electron chi connectivity index (χ3n) is 2.05. The molecule has 0 aliphatic rings. The van der Waals surface area contributed by atoms with Crippen molar-refractivity contribution in [2.45, 2.75) is 40.5 Å². The molecule has 0 rings (SSSR count). The average Bonchev–Trinajstić information content (AvgIpc) is 2.17. The van der Waals surface area contributed by atoms with Crippen LogP contribution in [0.15, 0.2) is 35.5 Å². The van der Waals surface area contributed by atoms with Crippen molar-refractivity contribution in [2.24, 2.45) is 0 Å². The molecule has 90 valence electrons. The van der Waals surface area contributed by atoms with E-state index in [0.29, 0.717) is 6.61 Å². The Hall–Kier alpha value is -1.31. The first-order valence-electron chi connectivity index (χ1n) is 5.64. The number of carbonyl (C=O) groups is 1. The first kappa shape index (κ1) is 14.7. The van der Waals surface area contributed by atoms with Crippen LogP contribution in [-0.4, -0.2) is 12.6 Å². The molecule has 0 atom stereocenters. The molecule has 0 saturated carbocycles. The minimum atomic E-state index is -0.282. The van der Waals surface area contributed by atoms with Crippen LogP contribution in [0.25, 0.3) is 0 Å². The summed E-state index contributed by atoms with van der Waals surface area (Å²) in [6.45, 7) is 8.41. The highest BCUT2D eigenvalue weighted by molar-refractivity contribution is 5.81. The number of esters is 1. The molecule has 16 heavy (non-hydrogen) atoms. The molecule has 0 radical (unpaired) electrons. The summed E-state index contributed by atoms with van der Waals surface area (Å²) < 4.78 is 4.96. The summed E-state index contributed by atoms with van der Waals surface area (Å²) in [6.07, 6.45) is 9.34. The van der Waals surface area contributed by atoms with Crippen molar-refractivity contribution >= 4 is 5.97 Å². The molecule has 0 fully saturated rings. The Bertz CT molecular complexity index is 292. The maximum atomic E-state index is 11.0. The van der Waals surface area contributed by atoms with Gasteiger partial charge in [0.05, 0.1) is 0 Å². The highest BCUT2D eigenvalue weighted by Crippen LogP contribution is 2.06. The van der Waals surface area contributed by atoms with Crippen molar-refractivity contribution in [3.05, 3.63) is 35.5 Å². The standard InChI is InChI=1S/C14H22O2/c1-5-7-14(15)16-11-10-13(4)9-6-8-12(2)3/h5,7-8,10H,6,9,11H2,1-4H3/b7-5+,13-10-. The normalized spacial score (nSPS) is 11.6. The summed E-state index contributed by atoms with van der Waals surface area (Å²) in [7, 11) is 0. The van der Waals surface area contributed by atoms with Crippen molar-refractivity contribution in [2.75, 3.05) is 6.61 Å². The molecule has 0 aliphatic heterocycles. The molecule has 2 nitrogen and oxygen atoms in total. The van der Waals surface area contributed by atoms with Crippen LogP contribution < -0.4 is 0 Å². The van der Waals surface area contributed by atoms with Crippen molar-refractivity contribution in [1.82, 2.24) is 0 Å². The van der Waals surface area contributed by atoms with Gasteiger partial charge >= 0.3 is 5.97 Å². The van der Waals surface area contributed by atoms with Crippen LogP contribution in [0.1, 0.15) is 40.5 Å². The van der Waals surface area contributed by atoms with Gasteiger partial charge in [-0.05, 0) is 46.6 Å². The van der Waals surface area contributed by atoms with Crippen molar-refractivity contribution in [3.63, 3.8) is 0 Å². The molecular formula is C14H22O2. The van der Waals surface area contributed by atoms with Crippen LogP contribution in [0.3, 0.4) is 0 Å². The predicted octanol–water partition coefficient (Wildman–Crippen LogP) is 3.80. The number of hydrogen-bond donors (Lipinski definition) is 0. The van der Waals surface area contributed by atoms with Gasteiger partial charge in [-0.1, -0.05) is 23.3 Å². The molecule has 0 bridgehead atoms. The van der Waals surface area contributed by atoms with Crippen LogP contribution in [-0.2, 0) is 9.53 Å². The van der Waals surface area contributed by atoms with Gasteiger partial charge in [-0.3, -0.25) is 0 Å². The fraction of sp³-hybridized carbons (Fsp3) is 0.500. The second-order valence-corrected chi connectivity index (χ2v) is 4.00. The Balaban J connectivity index is 3.79. The summed E-state index contributed by atoms with van der Waals surface area (Å²) in [5.74, 6) is -0.282. The van der Waals surface area contributed by atoms with Gasteiger partial charge < -0.3 is 4.74 Å². The van der Waals surface area contributed by atoms with Gasteiger partial charge in [0, 0.05) is 6.08 Å². The molecule has 2 heteroatoms. The smallest absolute Gasteiger partial charge is 0.330 e. The van der Waals surface area contributed by atoms with E-state index in [4.69, 9.17) is 4.74 Å². The first-order valence-corrected chi connectivity index (χ1v) is 5.64. The Morgan fingerprint density at radius 1 is 1.19 bits per heavy atom. The maximum Gasteiger partial charge on any atom is 0.330 e. The van der Waals surface area contributed by atoms with E-state index in [1.54, 1.807) is 13.0 Å². The molecule has 0 aromatic heterocycles. The topological polar surface area (TPSA) is 26.3 Å². The lowest BCUT2D eigenvalue weighted by Gasteiger charge is -2.00. The fourth-order valence-corrected chi connectivity index (χ4v) is 1.14. The van der Waals surface area contributed by atoms with Gasteiger partial charge in [-0.2, -0.15) is 0 Å². The lowest BCUT2D eigenvalue weighted by Crippen LogP contribution is -2.00. The van der Waals surface area contributed by atoms with E-state index < -0.39 is 0 Å². The molecular weight excluding hydrogens is 200 g/mol. The van der Waals surface area contributed by atoms with Crippen LogP contribution >= 0.6 is 0 Å². The first-order chi connectivity index (χ1) is 7.56. The van der Waals surface area contributed by atoms with Crippen molar-refractivity contribution < 1.29 is 9.53 Å². The molecule has 0 spiro atoms. The van der Waals surface area contributed by atoms with Gasteiger partial charge in [-0.25, -0.2) is 4.79 Å². The zero-order chi connectivity index (χ0) is 12.4. The maximum absolute atomic E-state index is 11.0. The molecule has 0 aliphatic carbocycles. The van der Waals surface area contributed by atoms with Gasteiger partial charge in [-0.15, -0.1) is 0 Å². The second kappa shape index (κ2) is 8.96. The van der Waals surface area contributed by atoms with E-state index in [9.17, 15) is 4.79 Å². The summed E-state index contributed by atoms with van der Waals surface area (Å²) >= 11 is 0.